The molecule has 2 aromatic rings. The van der Waals surface area contributed by atoms with Crippen LogP contribution in [0.3, 0.4) is 0 Å². The fourth-order valence-electron chi connectivity index (χ4n) is 3.89. The molecule has 2 saturated heterocycles. The first-order chi connectivity index (χ1) is 12.6. The molecular weight excluding hydrogens is 332 g/mol. The average Bonchev–Trinajstić information content (AvgIpc) is 3.35. The monoisotopic (exact) mass is 356 g/mol. The van der Waals surface area contributed by atoms with Gasteiger partial charge in [-0.1, -0.05) is 6.07 Å². The summed E-state index contributed by atoms with van der Waals surface area (Å²) in [5, 5.41) is 4.38. The zero-order valence-corrected chi connectivity index (χ0v) is 15.2. The molecule has 138 valence electrons. The van der Waals surface area contributed by atoms with Crippen molar-refractivity contribution in [1.82, 2.24) is 19.7 Å². The molecular formula is C19H24N4O3. The molecule has 2 fully saturated rings. The third-order valence-electron chi connectivity index (χ3n) is 5.12. The fraction of sp³-hybridized carbons (Fsp3) is 0.526. The van der Waals surface area contributed by atoms with Crippen molar-refractivity contribution in [3.8, 4) is 5.88 Å². The van der Waals surface area contributed by atoms with E-state index in [1.807, 2.05) is 43.0 Å². The summed E-state index contributed by atoms with van der Waals surface area (Å²) in [6.07, 6.45) is 3.30. The molecule has 1 amide bonds. The summed E-state index contributed by atoms with van der Waals surface area (Å²) in [7, 11) is 0. The molecule has 0 aromatic carbocycles. The standard InChI is InChI=1S/C19H24N4O3/c1-3-23-16(10-14(2)21-23)18(24)22-9-7-19(13-22)11-15(12-25-19)26-17-6-4-5-8-20-17/h4-6,8,10,15H,3,7,9,11-13H2,1-2H3/t15-,19+/m1/s1. The van der Waals surface area contributed by atoms with Crippen molar-refractivity contribution in [3.05, 3.63) is 41.9 Å². The highest BCUT2D eigenvalue weighted by Gasteiger charge is 2.48. The van der Waals surface area contributed by atoms with Crippen molar-refractivity contribution in [2.45, 2.75) is 44.9 Å². The molecule has 0 saturated carbocycles. The van der Waals surface area contributed by atoms with Gasteiger partial charge in [0.05, 0.1) is 24.4 Å². The summed E-state index contributed by atoms with van der Waals surface area (Å²) in [4.78, 5) is 19.0. The minimum Gasteiger partial charge on any atom is -0.472 e. The number of likely N-dealkylation sites (tertiary alicyclic amines) is 1. The molecule has 2 aliphatic heterocycles. The number of hydrogen-bond acceptors (Lipinski definition) is 5. The van der Waals surface area contributed by atoms with Crippen molar-refractivity contribution in [3.63, 3.8) is 0 Å². The number of aryl methyl sites for hydroxylation is 2. The van der Waals surface area contributed by atoms with Crippen LogP contribution in [0, 0.1) is 6.92 Å². The minimum atomic E-state index is -0.304. The van der Waals surface area contributed by atoms with E-state index in [4.69, 9.17) is 9.47 Å². The van der Waals surface area contributed by atoms with Crippen LogP contribution in [0.25, 0.3) is 0 Å². The van der Waals surface area contributed by atoms with E-state index in [1.165, 1.54) is 0 Å². The van der Waals surface area contributed by atoms with Crippen molar-refractivity contribution >= 4 is 5.91 Å². The highest BCUT2D eigenvalue weighted by Crippen LogP contribution is 2.37. The number of amides is 1. The van der Waals surface area contributed by atoms with E-state index in [0.717, 1.165) is 18.5 Å². The van der Waals surface area contributed by atoms with Crippen molar-refractivity contribution in [2.75, 3.05) is 19.7 Å². The molecule has 7 heteroatoms. The number of carbonyl (C=O) groups is 1. The van der Waals surface area contributed by atoms with E-state index in [1.54, 1.807) is 10.9 Å². The van der Waals surface area contributed by atoms with E-state index in [0.29, 0.717) is 37.8 Å². The van der Waals surface area contributed by atoms with Crippen LogP contribution < -0.4 is 4.74 Å². The van der Waals surface area contributed by atoms with E-state index >= 15 is 0 Å². The van der Waals surface area contributed by atoms with Gasteiger partial charge in [0, 0.05) is 31.8 Å². The normalized spacial score (nSPS) is 25.2. The van der Waals surface area contributed by atoms with Crippen LogP contribution in [0.1, 0.15) is 35.9 Å². The van der Waals surface area contributed by atoms with Crippen LogP contribution in [0.4, 0.5) is 0 Å². The highest BCUT2D eigenvalue weighted by atomic mass is 16.6. The van der Waals surface area contributed by atoms with Crippen molar-refractivity contribution < 1.29 is 14.3 Å². The number of carbonyl (C=O) groups excluding carboxylic acids is 1. The second kappa shape index (κ2) is 6.72. The number of hydrogen-bond donors (Lipinski definition) is 0. The van der Waals surface area contributed by atoms with Crippen LogP contribution in [-0.4, -0.2) is 57.0 Å². The van der Waals surface area contributed by atoms with Gasteiger partial charge in [-0.3, -0.25) is 9.48 Å². The molecule has 4 rings (SSSR count). The molecule has 2 atom stereocenters. The summed E-state index contributed by atoms with van der Waals surface area (Å²) in [5.74, 6) is 0.647. The molecule has 2 aromatic heterocycles. The number of rotatable bonds is 4. The lowest BCUT2D eigenvalue weighted by atomic mass is 9.98. The first-order valence-electron chi connectivity index (χ1n) is 9.14. The Bertz CT molecular complexity index is 791. The van der Waals surface area contributed by atoms with Gasteiger partial charge in [0.25, 0.3) is 5.91 Å². The largest absolute Gasteiger partial charge is 0.472 e. The smallest absolute Gasteiger partial charge is 0.272 e. The Kier molecular flexibility index (Phi) is 4.40. The van der Waals surface area contributed by atoms with Crippen molar-refractivity contribution in [1.29, 1.82) is 0 Å². The molecule has 1 spiro atoms. The second-order valence-corrected chi connectivity index (χ2v) is 7.07. The quantitative estimate of drug-likeness (QED) is 0.839. The van der Waals surface area contributed by atoms with Gasteiger partial charge in [0.1, 0.15) is 11.8 Å². The molecule has 2 aliphatic rings. The Morgan fingerprint density at radius 3 is 3.12 bits per heavy atom. The average molecular weight is 356 g/mol. The molecule has 0 bridgehead atoms. The molecule has 0 N–H and O–H groups in total. The first kappa shape index (κ1) is 17.0. The van der Waals surface area contributed by atoms with Gasteiger partial charge in [-0.25, -0.2) is 4.98 Å². The lowest BCUT2D eigenvalue weighted by Gasteiger charge is -2.23. The lowest BCUT2D eigenvalue weighted by molar-refractivity contribution is 0.00973. The molecule has 4 heterocycles. The SMILES string of the molecule is CCn1nc(C)cc1C(=O)N1CC[C@]2(C[C@@H](Oc3ccccn3)CO2)C1. The van der Waals surface area contributed by atoms with Crippen LogP contribution in [-0.2, 0) is 11.3 Å². The second-order valence-electron chi connectivity index (χ2n) is 7.07. The summed E-state index contributed by atoms with van der Waals surface area (Å²) in [5.41, 5.74) is 1.22. The van der Waals surface area contributed by atoms with E-state index < -0.39 is 0 Å². The third-order valence-corrected chi connectivity index (χ3v) is 5.12. The lowest BCUT2D eigenvalue weighted by Crippen LogP contribution is -2.37. The maximum absolute atomic E-state index is 12.9. The van der Waals surface area contributed by atoms with E-state index in [-0.39, 0.29) is 17.6 Å². The third kappa shape index (κ3) is 3.19. The Labute approximate surface area is 152 Å². The summed E-state index contributed by atoms with van der Waals surface area (Å²) in [6.45, 7) is 6.42. The zero-order valence-electron chi connectivity index (χ0n) is 15.2. The molecule has 26 heavy (non-hydrogen) atoms. The number of aromatic nitrogens is 3. The van der Waals surface area contributed by atoms with Gasteiger partial charge in [-0.2, -0.15) is 5.10 Å². The zero-order chi connectivity index (χ0) is 18.1. The molecule has 0 aliphatic carbocycles. The van der Waals surface area contributed by atoms with Crippen LogP contribution in [0.5, 0.6) is 5.88 Å². The Morgan fingerprint density at radius 1 is 1.46 bits per heavy atom. The summed E-state index contributed by atoms with van der Waals surface area (Å²) < 4.78 is 13.8. The maximum Gasteiger partial charge on any atom is 0.272 e. The van der Waals surface area contributed by atoms with E-state index in [2.05, 4.69) is 10.1 Å². The predicted octanol–water partition coefficient (Wildman–Crippen LogP) is 2.06. The Morgan fingerprint density at radius 2 is 2.35 bits per heavy atom. The fourth-order valence-corrected chi connectivity index (χ4v) is 3.89. The number of nitrogens with zero attached hydrogens (tertiary/aromatic N) is 4. The minimum absolute atomic E-state index is 0.0247. The van der Waals surface area contributed by atoms with Crippen LogP contribution >= 0.6 is 0 Å². The number of pyridine rings is 1. The molecule has 0 radical (unpaired) electrons. The van der Waals surface area contributed by atoms with Crippen LogP contribution in [0.2, 0.25) is 0 Å². The molecule has 7 nitrogen and oxygen atoms in total. The number of ether oxygens (including phenoxy) is 2. The van der Waals surface area contributed by atoms with Gasteiger partial charge in [0.15, 0.2) is 0 Å². The molecule has 0 unspecified atom stereocenters. The van der Waals surface area contributed by atoms with E-state index in [9.17, 15) is 4.79 Å². The summed E-state index contributed by atoms with van der Waals surface area (Å²) in [6, 6.07) is 7.48. The van der Waals surface area contributed by atoms with Crippen molar-refractivity contribution in [2.24, 2.45) is 0 Å². The van der Waals surface area contributed by atoms with Gasteiger partial charge in [0.2, 0.25) is 5.88 Å². The maximum atomic E-state index is 12.9. The summed E-state index contributed by atoms with van der Waals surface area (Å²) >= 11 is 0. The first-order valence-corrected chi connectivity index (χ1v) is 9.14. The van der Waals surface area contributed by atoms with Gasteiger partial charge in [-0.15, -0.1) is 0 Å². The predicted molar refractivity (Wildman–Crippen MR) is 95.1 cm³/mol. The topological polar surface area (TPSA) is 69.5 Å². The highest BCUT2D eigenvalue weighted by molar-refractivity contribution is 5.93. The Balaban J connectivity index is 1.41. The van der Waals surface area contributed by atoms with Crippen LogP contribution in [0.15, 0.2) is 30.5 Å². The van der Waals surface area contributed by atoms with Gasteiger partial charge in [-0.05, 0) is 32.4 Å². The van der Waals surface area contributed by atoms with Gasteiger partial charge < -0.3 is 14.4 Å². The Hall–Kier alpha value is -2.41. The van der Waals surface area contributed by atoms with Gasteiger partial charge >= 0.3 is 0 Å².